The minimum Gasteiger partial charge on any atom is -0.497 e. The van der Waals surface area contributed by atoms with Gasteiger partial charge in [-0.1, -0.05) is 30.3 Å². The predicted octanol–water partition coefficient (Wildman–Crippen LogP) is 3.80. The highest BCUT2D eigenvalue weighted by atomic mass is 16.5. The first kappa shape index (κ1) is 19.7. The van der Waals surface area contributed by atoms with Gasteiger partial charge in [-0.25, -0.2) is 4.98 Å². The van der Waals surface area contributed by atoms with Gasteiger partial charge in [-0.05, 0) is 49.1 Å². The Hall–Kier alpha value is -2.63. The lowest BCUT2D eigenvalue weighted by Gasteiger charge is -2.32. The molecule has 2 aromatic carbocycles. The number of ether oxygens (including phenoxy) is 1. The standard InChI is InChI=1S/C24H29N3O2/c1-17-5-3-6-19-13-20(15-25-14-18-8-10-22(29-2)11-9-18)24(26-23(17)19)27-12-4-7-21(28)16-27/h3,5-6,8-11,13,21,25,28H,4,7,12,14-16H2,1-2H3/t21-/m0/s1. The Labute approximate surface area is 172 Å². The highest BCUT2D eigenvalue weighted by Crippen LogP contribution is 2.28. The maximum absolute atomic E-state index is 10.2. The van der Waals surface area contributed by atoms with E-state index in [1.807, 2.05) is 12.1 Å². The number of pyridine rings is 1. The van der Waals surface area contributed by atoms with E-state index in [0.29, 0.717) is 6.54 Å². The zero-order valence-electron chi connectivity index (χ0n) is 17.2. The summed E-state index contributed by atoms with van der Waals surface area (Å²) in [6.45, 7) is 5.19. The minimum atomic E-state index is -0.279. The number of aromatic nitrogens is 1. The summed E-state index contributed by atoms with van der Waals surface area (Å²) in [4.78, 5) is 7.28. The van der Waals surface area contributed by atoms with Gasteiger partial charge in [0.2, 0.25) is 0 Å². The summed E-state index contributed by atoms with van der Waals surface area (Å²) in [6.07, 6.45) is 1.58. The number of anilines is 1. The fourth-order valence-electron chi connectivity index (χ4n) is 4.02. The first-order valence-electron chi connectivity index (χ1n) is 10.3. The number of aliphatic hydroxyl groups is 1. The molecule has 1 saturated heterocycles. The fraction of sp³-hybridized carbons (Fsp3) is 0.375. The first-order valence-corrected chi connectivity index (χ1v) is 10.3. The van der Waals surface area contributed by atoms with Crippen LogP contribution >= 0.6 is 0 Å². The lowest BCUT2D eigenvalue weighted by Crippen LogP contribution is -2.39. The molecule has 1 atom stereocenters. The number of hydrogen-bond acceptors (Lipinski definition) is 5. The van der Waals surface area contributed by atoms with Crippen molar-refractivity contribution in [2.24, 2.45) is 0 Å². The van der Waals surface area contributed by atoms with Crippen LogP contribution in [0.2, 0.25) is 0 Å². The third-order valence-corrected chi connectivity index (χ3v) is 5.60. The van der Waals surface area contributed by atoms with Gasteiger partial charge in [0.25, 0.3) is 0 Å². The van der Waals surface area contributed by atoms with Crippen molar-refractivity contribution in [3.63, 3.8) is 0 Å². The number of rotatable bonds is 6. The molecular formula is C24H29N3O2. The predicted molar refractivity (Wildman–Crippen MR) is 117 cm³/mol. The largest absolute Gasteiger partial charge is 0.497 e. The van der Waals surface area contributed by atoms with Gasteiger partial charge in [-0.3, -0.25) is 0 Å². The summed E-state index contributed by atoms with van der Waals surface area (Å²) >= 11 is 0. The summed E-state index contributed by atoms with van der Waals surface area (Å²) in [5.41, 5.74) is 4.61. The van der Waals surface area contributed by atoms with Gasteiger partial charge in [-0.15, -0.1) is 0 Å². The molecule has 0 aliphatic carbocycles. The molecule has 0 radical (unpaired) electrons. The van der Waals surface area contributed by atoms with Gasteiger partial charge in [0.05, 0.1) is 18.7 Å². The van der Waals surface area contributed by atoms with Crippen LogP contribution in [0.25, 0.3) is 10.9 Å². The monoisotopic (exact) mass is 391 g/mol. The Morgan fingerprint density at radius 3 is 2.76 bits per heavy atom. The molecule has 1 aliphatic heterocycles. The number of hydrogen-bond donors (Lipinski definition) is 2. The zero-order chi connectivity index (χ0) is 20.2. The van der Waals surface area contributed by atoms with E-state index in [-0.39, 0.29) is 6.10 Å². The third-order valence-electron chi connectivity index (χ3n) is 5.60. The Morgan fingerprint density at radius 1 is 1.17 bits per heavy atom. The van der Waals surface area contributed by atoms with Gasteiger partial charge in [0.15, 0.2) is 0 Å². The molecule has 2 heterocycles. The van der Waals surface area contributed by atoms with Crippen molar-refractivity contribution in [1.82, 2.24) is 10.3 Å². The molecule has 0 bridgehead atoms. The van der Waals surface area contributed by atoms with Crippen LogP contribution in [0.4, 0.5) is 5.82 Å². The Kier molecular flexibility index (Phi) is 5.97. The van der Waals surface area contributed by atoms with E-state index in [1.165, 1.54) is 16.7 Å². The van der Waals surface area contributed by atoms with Crippen molar-refractivity contribution in [3.8, 4) is 5.75 Å². The van der Waals surface area contributed by atoms with Crippen LogP contribution in [0.15, 0.2) is 48.5 Å². The summed E-state index contributed by atoms with van der Waals surface area (Å²) in [6, 6.07) is 16.7. The van der Waals surface area contributed by atoms with Crippen LogP contribution in [-0.4, -0.2) is 36.4 Å². The van der Waals surface area contributed by atoms with Crippen molar-refractivity contribution in [3.05, 3.63) is 65.2 Å². The number of benzene rings is 2. The van der Waals surface area contributed by atoms with Crippen LogP contribution in [0, 0.1) is 6.92 Å². The molecule has 0 amide bonds. The number of nitrogens with zero attached hydrogens (tertiary/aromatic N) is 2. The highest BCUT2D eigenvalue weighted by molar-refractivity contribution is 5.84. The topological polar surface area (TPSA) is 57.6 Å². The van der Waals surface area contributed by atoms with Crippen molar-refractivity contribution in [2.45, 2.75) is 39.0 Å². The molecule has 152 valence electrons. The van der Waals surface area contributed by atoms with Crippen molar-refractivity contribution in [2.75, 3.05) is 25.1 Å². The molecule has 0 saturated carbocycles. The summed E-state index contributed by atoms with van der Waals surface area (Å²) in [5.74, 6) is 1.86. The second-order valence-electron chi connectivity index (χ2n) is 7.81. The average molecular weight is 392 g/mol. The first-order chi connectivity index (χ1) is 14.1. The molecule has 1 fully saturated rings. The van der Waals surface area contributed by atoms with Gasteiger partial charge < -0.3 is 20.1 Å². The lowest BCUT2D eigenvalue weighted by molar-refractivity contribution is 0.154. The number of para-hydroxylation sites is 1. The molecule has 29 heavy (non-hydrogen) atoms. The maximum Gasteiger partial charge on any atom is 0.133 e. The van der Waals surface area contributed by atoms with Gasteiger partial charge >= 0.3 is 0 Å². The molecule has 5 nitrogen and oxygen atoms in total. The molecule has 0 spiro atoms. The fourth-order valence-corrected chi connectivity index (χ4v) is 4.02. The average Bonchev–Trinajstić information content (AvgIpc) is 2.74. The summed E-state index contributed by atoms with van der Waals surface area (Å²) < 4.78 is 5.23. The number of aliphatic hydroxyl groups excluding tert-OH is 1. The molecule has 1 aliphatic rings. The molecule has 2 N–H and O–H groups in total. The van der Waals surface area contributed by atoms with Crippen LogP contribution in [-0.2, 0) is 13.1 Å². The number of piperidine rings is 1. The molecule has 1 aromatic heterocycles. The molecule has 5 heteroatoms. The van der Waals surface area contributed by atoms with Crippen molar-refractivity contribution in [1.29, 1.82) is 0 Å². The van der Waals surface area contributed by atoms with E-state index in [9.17, 15) is 5.11 Å². The van der Waals surface area contributed by atoms with E-state index in [1.54, 1.807) is 7.11 Å². The van der Waals surface area contributed by atoms with Crippen LogP contribution < -0.4 is 15.0 Å². The van der Waals surface area contributed by atoms with Crippen molar-refractivity contribution < 1.29 is 9.84 Å². The van der Waals surface area contributed by atoms with Gasteiger partial charge in [0, 0.05) is 37.1 Å². The lowest BCUT2D eigenvalue weighted by atomic mass is 10.0. The summed E-state index contributed by atoms with van der Waals surface area (Å²) in [5, 5.41) is 14.9. The highest BCUT2D eigenvalue weighted by Gasteiger charge is 2.22. The SMILES string of the molecule is COc1ccc(CNCc2cc3cccc(C)c3nc2N2CCC[C@H](O)C2)cc1. The number of β-amino-alcohol motifs (C(OH)–C–C–N with tert-alkyl or cyclic N) is 1. The summed E-state index contributed by atoms with van der Waals surface area (Å²) in [7, 11) is 1.68. The molecular weight excluding hydrogens is 362 g/mol. The molecule has 4 rings (SSSR count). The van der Waals surface area contributed by atoms with E-state index in [2.05, 4.69) is 53.5 Å². The normalized spacial score (nSPS) is 16.9. The van der Waals surface area contributed by atoms with Gasteiger partial charge in [0.1, 0.15) is 11.6 Å². The number of nitrogens with one attached hydrogen (secondary N) is 1. The van der Waals surface area contributed by atoms with Crippen LogP contribution in [0.3, 0.4) is 0 Å². The van der Waals surface area contributed by atoms with Crippen LogP contribution in [0.1, 0.15) is 29.5 Å². The Morgan fingerprint density at radius 2 is 2.00 bits per heavy atom. The van der Waals surface area contributed by atoms with Crippen molar-refractivity contribution >= 4 is 16.7 Å². The maximum atomic E-state index is 10.2. The van der Waals surface area contributed by atoms with E-state index >= 15 is 0 Å². The second kappa shape index (κ2) is 8.80. The Balaban J connectivity index is 1.58. The van der Waals surface area contributed by atoms with E-state index in [0.717, 1.165) is 54.9 Å². The Bertz CT molecular complexity index is 972. The van der Waals surface area contributed by atoms with E-state index < -0.39 is 0 Å². The number of aryl methyl sites for hydroxylation is 1. The van der Waals surface area contributed by atoms with Gasteiger partial charge in [-0.2, -0.15) is 0 Å². The van der Waals surface area contributed by atoms with E-state index in [4.69, 9.17) is 9.72 Å². The smallest absolute Gasteiger partial charge is 0.133 e. The minimum absolute atomic E-state index is 0.279. The van der Waals surface area contributed by atoms with Crippen LogP contribution in [0.5, 0.6) is 5.75 Å². The second-order valence-corrected chi connectivity index (χ2v) is 7.81. The third kappa shape index (κ3) is 4.52. The molecule has 3 aromatic rings. The quantitative estimate of drug-likeness (QED) is 0.669. The molecule has 0 unspecified atom stereocenters. The number of fused-ring (bicyclic) bond motifs is 1. The zero-order valence-corrected chi connectivity index (χ0v) is 17.2. The number of methoxy groups -OCH3 is 1.